The molecule has 0 unspecified atom stereocenters. The SMILES string of the molecule is CCCOCCOc1nc(C(C)(C)C)nc(Cl)c1C. The Kier molecular flexibility index (Phi) is 6.01. The fourth-order valence-corrected chi connectivity index (χ4v) is 1.55. The Balaban J connectivity index is 2.74. The lowest BCUT2D eigenvalue weighted by Crippen LogP contribution is -2.18. The van der Waals surface area contributed by atoms with Gasteiger partial charge in [-0.05, 0) is 13.3 Å². The second-order valence-corrected chi connectivity index (χ2v) is 5.84. The van der Waals surface area contributed by atoms with Crippen LogP contribution in [-0.4, -0.2) is 29.8 Å². The third-order valence-corrected chi connectivity index (χ3v) is 2.90. The van der Waals surface area contributed by atoms with Crippen LogP contribution in [-0.2, 0) is 10.2 Å². The van der Waals surface area contributed by atoms with Crippen LogP contribution < -0.4 is 4.74 Å². The molecule has 0 radical (unpaired) electrons. The van der Waals surface area contributed by atoms with Crippen molar-refractivity contribution in [3.63, 3.8) is 0 Å². The van der Waals surface area contributed by atoms with Crippen molar-refractivity contribution >= 4 is 11.6 Å². The molecule has 0 aliphatic rings. The zero-order chi connectivity index (χ0) is 14.5. The topological polar surface area (TPSA) is 44.2 Å². The maximum atomic E-state index is 6.13. The largest absolute Gasteiger partial charge is 0.475 e. The summed E-state index contributed by atoms with van der Waals surface area (Å²) in [5.74, 6) is 1.23. The van der Waals surface area contributed by atoms with E-state index < -0.39 is 0 Å². The molecular weight excluding hydrogens is 264 g/mol. The van der Waals surface area contributed by atoms with Crippen molar-refractivity contribution in [2.45, 2.75) is 46.5 Å². The molecule has 0 spiro atoms. The van der Waals surface area contributed by atoms with Crippen molar-refractivity contribution in [2.75, 3.05) is 19.8 Å². The van der Waals surface area contributed by atoms with Gasteiger partial charge in [-0.1, -0.05) is 39.3 Å². The van der Waals surface area contributed by atoms with Crippen molar-refractivity contribution in [2.24, 2.45) is 0 Å². The van der Waals surface area contributed by atoms with Gasteiger partial charge in [0.05, 0.1) is 6.61 Å². The summed E-state index contributed by atoms with van der Waals surface area (Å²) in [6.45, 7) is 11.8. The molecule has 0 fully saturated rings. The molecule has 108 valence electrons. The normalized spacial score (nSPS) is 11.7. The van der Waals surface area contributed by atoms with E-state index in [9.17, 15) is 0 Å². The highest BCUT2D eigenvalue weighted by Crippen LogP contribution is 2.27. The van der Waals surface area contributed by atoms with Crippen LogP contribution in [0.2, 0.25) is 5.15 Å². The minimum absolute atomic E-state index is 0.159. The van der Waals surface area contributed by atoms with Gasteiger partial charge in [0.2, 0.25) is 5.88 Å². The Morgan fingerprint density at radius 2 is 1.79 bits per heavy atom. The Hall–Kier alpha value is -0.870. The van der Waals surface area contributed by atoms with Crippen LogP contribution in [0, 0.1) is 6.92 Å². The maximum absolute atomic E-state index is 6.13. The van der Waals surface area contributed by atoms with E-state index in [4.69, 9.17) is 21.1 Å². The number of nitrogens with zero attached hydrogens (tertiary/aromatic N) is 2. The third kappa shape index (κ3) is 4.96. The van der Waals surface area contributed by atoms with E-state index in [1.807, 2.05) is 27.7 Å². The second kappa shape index (κ2) is 7.06. The molecule has 0 N–H and O–H groups in total. The van der Waals surface area contributed by atoms with Gasteiger partial charge in [0, 0.05) is 17.6 Å². The van der Waals surface area contributed by atoms with Crippen LogP contribution in [0.15, 0.2) is 0 Å². The number of halogens is 1. The van der Waals surface area contributed by atoms with Crippen molar-refractivity contribution in [1.82, 2.24) is 9.97 Å². The van der Waals surface area contributed by atoms with E-state index >= 15 is 0 Å². The highest BCUT2D eigenvalue weighted by Gasteiger charge is 2.21. The molecule has 1 aromatic rings. The van der Waals surface area contributed by atoms with Crippen molar-refractivity contribution in [1.29, 1.82) is 0 Å². The van der Waals surface area contributed by atoms with Gasteiger partial charge in [-0.3, -0.25) is 0 Å². The number of hydrogen-bond acceptors (Lipinski definition) is 4. The molecule has 4 nitrogen and oxygen atoms in total. The van der Waals surface area contributed by atoms with Crippen LogP contribution >= 0.6 is 11.6 Å². The Morgan fingerprint density at radius 1 is 1.11 bits per heavy atom. The first-order valence-corrected chi connectivity index (χ1v) is 6.99. The fourth-order valence-electron chi connectivity index (χ4n) is 1.39. The molecule has 1 rings (SSSR count). The minimum atomic E-state index is -0.159. The maximum Gasteiger partial charge on any atom is 0.221 e. The standard InChI is InChI=1S/C14H23ClN2O2/c1-6-7-18-8-9-19-12-10(2)11(15)16-13(17-12)14(3,4)5/h6-9H2,1-5H3. The first-order valence-electron chi connectivity index (χ1n) is 6.61. The van der Waals surface area contributed by atoms with Gasteiger partial charge in [0.25, 0.3) is 0 Å². The highest BCUT2D eigenvalue weighted by molar-refractivity contribution is 6.30. The quantitative estimate of drug-likeness (QED) is 0.593. The van der Waals surface area contributed by atoms with E-state index in [1.54, 1.807) is 0 Å². The molecule has 1 aromatic heterocycles. The van der Waals surface area contributed by atoms with Gasteiger partial charge >= 0.3 is 0 Å². The van der Waals surface area contributed by atoms with Crippen molar-refractivity contribution < 1.29 is 9.47 Å². The van der Waals surface area contributed by atoms with Crippen LogP contribution in [0.1, 0.15) is 45.5 Å². The predicted octanol–water partition coefficient (Wildman–Crippen LogP) is 3.54. The average molecular weight is 287 g/mol. The molecule has 0 aromatic carbocycles. The molecule has 0 atom stereocenters. The van der Waals surface area contributed by atoms with E-state index in [1.165, 1.54) is 0 Å². The molecule has 0 saturated carbocycles. The first-order chi connectivity index (χ1) is 8.86. The van der Waals surface area contributed by atoms with Crippen molar-refractivity contribution in [3.8, 4) is 5.88 Å². The first kappa shape index (κ1) is 16.2. The smallest absolute Gasteiger partial charge is 0.221 e. The zero-order valence-corrected chi connectivity index (χ0v) is 13.2. The van der Waals surface area contributed by atoms with Crippen LogP contribution in [0.25, 0.3) is 0 Å². The summed E-state index contributed by atoms with van der Waals surface area (Å²) in [5, 5.41) is 0.449. The predicted molar refractivity (Wildman–Crippen MR) is 77.1 cm³/mol. The number of hydrogen-bond donors (Lipinski definition) is 0. The average Bonchev–Trinajstić information content (AvgIpc) is 2.32. The van der Waals surface area contributed by atoms with Gasteiger partial charge in [-0.25, -0.2) is 4.98 Å². The summed E-state index contributed by atoms with van der Waals surface area (Å²) in [6, 6.07) is 0. The Labute approximate surface area is 120 Å². The summed E-state index contributed by atoms with van der Waals surface area (Å²) >= 11 is 6.13. The Bertz CT molecular complexity index is 417. The van der Waals surface area contributed by atoms with E-state index in [-0.39, 0.29) is 5.41 Å². The molecule has 5 heteroatoms. The lowest BCUT2D eigenvalue weighted by atomic mass is 9.96. The van der Waals surface area contributed by atoms with Gasteiger partial charge in [0.15, 0.2) is 0 Å². The summed E-state index contributed by atoms with van der Waals surface area (Å²) in [4.78, 5) is 8.75. The molecule has 19 heavy (non-hydrogen) atoms. The second-order valence-electron chi connectivity index (χ2n) is 5.48. The number of ether oxygens (including phenoxy) is 2. The molecule has 0 bridgehead atoms. The van der Waals surface area contributed by atoms with Crippen LogP contribution in [0.4, 0.5) is 0 Å². The number of rotatable bonds is 6. The summed E-state index contributed by atoms with van der Waals surface area (Å²) in [5.41, 5.74) is 0.610. The molecule has 0 amide bonds. The molecule has 0 aliphatic heterocycles. The summed E-state index contributed by atoms with van der Waals surface area (Å²) in [7, 11) is 0. The van der Waals surface area contributed by atoms with E-state index in [0.717, 1.165) is 18.6 Å². The van der Waals surface area contributed by atoms with Crippen LogP contribution in [0.5, 0.6) is 5.88 Å². The third-order valence-electron chi connectivity index (χ3n) is 2.53. The molecule has 0 aliphatic carbocycles. The highest BCUT2D eigenvalue weighted by atomic mass is 35.5. The molecule has 1 heterocycles. The number of aromatic nitrogens is 2. The summed E-state index contributed by atoms with van der Waals surface area (Å²) < 4.78 is 11.0. The van der Waals surface area contributed by atoms with Gasteiger partial charge < -0.3 is 9.47 Å². The fraction of sp³-hybridized carbons (Fsp3) is 0.714. The lowest BCUT2D eigenvalue weighted by Gasteiger charge is -2.19. The van der Waals surface area contributed by atoms with Crippen LogP contribution in [0.3, 0.4) is 0 Å². The summed E-state index contributed by atoms with van der Waals surface area (Å²) in [6.07, 6.45) is 1.01. The molecule has 0 saturated heterocycles. The molecular formula is C14H23ClN2O2. The van der Waals surface area contributed by atoms with Gasteiger partial charge in [-0.2, -0.15) is 4.98 Å². The van der Waals surface area contributed by atoms with E-state index in [2.05, 4.69) is 16.9 Å². The van der Waals surface area contributed by atoms with Gasteiger partial charge in [-0.15, -0.1) is 0 Å². The Morgan fingerprint density at radius 3 is 2.37 bits per heavy atom. The zero-order valence-electron chi connectivity index (χ0n) is 12.4. The lowest BCUT2D eigenvalue weighted by molar-refractivity contribution is 0.0985. The van der Waals surface area contributed by atoms with Gasteiger partial charge in [0.1, 0.15) is 17.6 Å². The monoisotopic (exact) mass is 286 g/mol. The minimum Gasteiger partial charge on any atom is -0.475 e. The van der Waals surface area contributed by atoms with E-state index in [0.29, 0.717) is 30.1 Å². The van der Waals surface area contributed by atoms with Crippen molar-refractivity contribution in [3.05, 3.63) is 16.5 Å².